The van der Waals surface area contributed by atoms with E-state index in [0.717, 1.165) is 34.0 Å². The molecule has 1 aromatic heterocycles. The van der Waals surface area contributed by atoms with Gasteiger partial charge in [-0.1, -0.05) is 29.5 Å². The second-order valence-corrected chi connectivity index (χ2v) is 10.2. The van der Waals surface area contributed by atoms with Crippen LogP contribution in [0.15, 0.2) is 36.4 Å². The van der Waals surface area contributed by atoms with Gasteiger partial charge in [0.25, 0.3) is 0 Å². The molecule has 1 fully saturated rings. The van der Waals surface area contributed by atoms with Gasteiger partial charge < -0.3 is 19.7 Å². The number of hydrogen-bond acceptors (Lipinski definition) is 8. The van der Waals surface area contributed by atoms with Crippen molar-refractivity contribution in [1.82, 2.24) is 20.4 Å². The van der Waals surface area contributed by atoms with Crippen molar-refractivity contribution in [3.05, 3.63) is 53.1 Å². The molecule has 0 spiro atoms. The predicted octanol–water partition coefficient (Wildman–Crippen LogP) is 3.97. The number of carbonyl (C=O) groups excluding carboxylic acids is 1. The van der Waals surface area contributed by atoms with Gasteiger partial charge in [-0.3, -0.25) is 4.79 Å². The van der Waals surface area contributed by atoms with E-state index in [1.165, 1.54) is 22.5 Å². The van der Waals surface area contributed by atoms with Crippen LogP contribution in [0.25, 0.3) is 21.1 Å². The van der Waals surface area contributed by atoms with Crippen molar-refractivity contribution in [2.75, 3.05) is 32.8 Å². The van der Waals surface area contributed by atoms with Crippen LogP contribution in [-0.2, 0) is 16.0 Å². The number of hydrogen-bond donors (Lipinski definition) is 1. The molecule has 1 amide bonds. The van der Waals surface area contributed by atoms with Crippen molar-refractivity contribution in [3.8, 4) is 33.0 Å². The number of nitriles is 1. The molecule has 1 saturated heterocycles. The minimum absolute atomic E-state index is 0.00735. The highest BCUT2D eigenvalue weighted by Gasteiger charge is 2.27. The first-order valence-corrected chi connectivity index (χ1v) is 13.1. The summed E-state index contributed by atoms with van der Waals surface area (Å²) in [5.41, 5.74) is 4.90. The molecule has 1 aliphatic heterocycles. The molecule has 0 unspecified atom stereocenters. The van der Waals surface area contributed by atoms with Gasteiger partial charge in [-0.25, -0.2) is 0 Å². The van der Waals surface area contributed by atoms with E-state index >= 15 is 0 Å². The van der Waals surface area contributed by atoms with Gasteiger partial charge >= 0.3 is 0 Å². The maximum atomic E-state index is 12.6. The summed E-state index contributed by atoms with van der Waals surface area (Å²) >= 11 is 1.52. The summed E-state index contributed by atoms with van der Waals surface area (Å²) in [5, 5.41) is 23.6. The largest absolute Gasteiger partial charge is 0.490 e. The lowest BCUT2D eigenvalue weighted by molar-refractivity contribution is -0.134. The Morgan fingerprint density at radius 3 is 2.83 bits per heavy atom. The van der Waals surface area contributed by atoms with Crippen LogP contribution in [0, 0.1) is 11.3 Å². The number of nitrogens with one attached hydrogen (secondary N) is 1. The number of carbonyl (C=O) groups is 1. The normalized spacial score (nSPS) is 17.2. The zero-order valence-electron chi connectivity index (χ0n) is 20.5. The minimum Gasteiger partial charge on any atom is -0.490 e. The van der Waals surface area contributed by atoms with E-state index in [2.05, 4.69) is 33.7 Å². The standard InChI is InChI=1S/C27H29N5O3S/c1-17(2)35-24-9-6-18(14-19(24)15-28)26-30-31-27(36-26)22-5-3-4-21-20(22)7-8-23(21)29-16-25(33)32-10-12-34-13-11-32/h3-6,9,14,17,23,29H,7-8,10-13,16H2,1-2H3/t23-/m1/s1. The average molecular weight is 504 g/mol. The van der Waals surface area contributed by atoms with Gasteiger partial charge in [0.2, 0.25) is 5.91 Å². The lowest BCUT2D eigenvalue weighted by Crippen LogP contribution is -2.45. The Balaban J connectivity index is 1.32. The second kappa shape index (κ2) is 10.7. The van der Waals surface area contributed by atoms with E-state index in [1.807, 2.05) is 43.0 Å². The number of fused-ring (bicyclic) bond motifs is 1. The summed E-state index contributed by atoms with van der Waals surface area (Å²) in [4.78, 5) is 14.4. The topological polar surface area (TPSA) is 100 Å². The Labute approximate surface area is 214 Å². The van der Waals surface area contributed by atoms with Crippen LogP contribution < -0.4 is 10.1 Å². The first-order chi connectivity index (χ1) is 17.5. The van der Waals surface area contributed by atoms with Crippen LogP contribution in [0.5, 0.6) is 5.75 Å². The van der Waals surface area contributed by atoms with E-state index in [0.29, 0.717) is 44.2 Å². The third-order valence-electron chi connectivity index (χ3n) is 6.50. The van der Waals surface area contributed by atoms with Crippen molar-refractivity contribution >= 4 is 17.2 Å². The Hall–Kier alpha value is -3.32. The van der Waals surface area contributed by atoms with Crippen molar-refractivity contribution < 1.29 is 14.3 Å². The van der Waals surface area contributed by atoms with Crippen molar-refractivity contribution in [1.29, 1.82) is 5.26 Å². The molecule has 1 N–H and O–H groups in total. The molecule has 0 saturated carbocycles. The Morgan fingerprint density at radius 2 is 2.06 bits per heavy atom. The predicted molar refractivity (Wildman–Crippen MR) is 138 cm³/mol. The van der Waals surface area contributed by atoms with Crippen molar-refractivity contribution in [2.45, 2.75) is 38.8 Å². The third kappa shape index (κ3) is 5.12. The lowest BCUT2D eigenvalue weighted by atomic mass is 10.0. The molecule has 186 valence electrons. The molecular formula is C27H29N5O3S. The number of ether oxygens (including phenoxy) is 2. The molecule has 2 heterocycles. The molecule has 2 aromatic carbocycles. The molecule has 1 aliphatic carbocycles. The van der Waals surface area contributed by atoms with Crippen LogP contribution >= 0.6 is 11.3 Å². The SMILES string of the molecule is CC(C)Oc1ccc(-c2nnc(-c3cccc4c3CC[C@H]4NCC(=O)N3CCOCC3)s2)cc1C#N. The number of aromatic nitrogens is 2. The zero-order valence-corrected chi connectivity index (χ0v) is 21.3. The molecule has 0 bridgehead atoms. The van der Waals surface area contributed by atoms with Crippen LogP contribution in [0.4, 0.5) is 0 Å². The first kappa shape index (κ1) is 24.4. The second-order valence-electron chi connectivity index (χ2n) is 9.24. The van der Waals surface area contributed by atoms with Gasteiger partial charge in [0.15, 0.2) is 0 Å². The van der Waals surface area contributed by atoms with E-state index in [1.54, 1.807) is 0 Å². The van der Waals surface area contributed by atoms with E-state index in [-0.39, 0.29) is 18.1 Å². The minimum atomic E-state index is -0.00735. The molecule has 3 aromatic rings. The molecule has 1 atom stereocenters. The van der Waals surface area contributed by atoms with Crippen LogP contribution in [-0.4, -0.2) is 60.0 Å². The van der Waals surface area contributed by atoms with Gasteiger partial charge in [0, 0.05) is 30.3 Å². The number of morpholine rings is 1. The first-order valence-electron chi connectivity index (χ1n) is 12.3. The summed E-state index contributed by atoms with van der Waals surface area (Å²) in [7, 11) is 0. The fourth-order valence-corrected chi connectivity index (χ4v) is 5.65. The van der Waals surface area contributed by atoms with E-state index < -0.39 is 0 Å². The van der Waals surface area contributed by atoms with Gasteiger partial charge in [-0.2, -0.15) is 5.26 Å². The van der Waals surface area contributed by atoms with Crippen LogP contribution in [0.2, 0.25) is 0 Å². The average Bonchev–Trinajstić information content (AvgIpc) is 3.55. The zero-order chi connectivity index (χ0) is 25.1. The van der Waals surface area contributed by atoms with Crippen LogP contribution in [0.1, 0.15) is 43.0 Å². The van der Waals surface area contributed by atoms with Gasteiger partial charge in [0.1, 0.15) is 21.8 Å². The molecule has 5 rings (SSSR count). The number of rotatable bonds is 7. The van der Waals surface area contributed by atoms with Gasteiger partial charge in [-0.15, -0.1) is 10.2 Å². The van der Waals surface area contributed by atoms with E-state index in [4.69, 9.17) is 9.47 Å². The van der Waals surface area contributed by atoms with Gasteiger partial charge in [0.05, 0.1) is 31.4 Å². The number of amides is 1. The fraction of sp³-hybridized carbons (Fsp3) is 0.407. The molecule has 9 heteroatoms. The summed E-state index contributed by atoms with van der Waals surface area (Å²) in [5.74, 6) is 0.700. The molecule has 2 aliphatic rings. The Bertz CT molecular complexity index is 1290. The monoisotopic (exact) mass is 503 g/mol. The maximum absolute atomic E-state index is 12.6. The molecule has 36 heavy (non-hydrogen) atoms. The fourth-order valence-electron chi connectivity index (χ4n) is 4.76. The lowest BCUT2D eigenvalue weighted by Gasteiger charge is -2.27. The Morgan fingerprint density at radius 1 is 1.25 bits per heavy atom. The van der Waals surface area contributed by atoms with Crippen molar-refractivity contribution in [3.63, 3.8) is 0 Å². The molecule has 0 radical (unpaired) electrons. The summed E-state index contributed by atoms with van der Waals surface area (Å²) in [6.45, 7) is 6.75. The quantitative estimate of drug-likeness (QED) is 0.521. The summed E-state index contributed by atoms with van der Waals surface area (Å²) in [6, 6.07) is 14.2. The van der Waals surface area contributed by atoms with Gasteiger partial charge in [-0.05, 0) is 56.0 Å². The highest BCUT2D eigenvalue weighted by molar-refractivity contribution is 7.17. The number of nitrogens with zero attached hydrogens (tertiary/aromatic N) is 4. The van der Waals surface area contributed by atoms with E-state index in [9.17, 15) is 10.1 Å². The van der Waals surface area contributed by atoms with Crippen LogP contribution in [0.3, 0.4) is 0 Å². The summed E-state index contributed by atoms with van der Waals surface area (Å²) < 4.78 is 11.1. The summed E-state index contributed by atoms with van der Waals surface area (Å²) in [6.07, 6.45) is 1.85. The molecule has 8 nitrogen and oxygen atoms in total. The van der Waals surface area contributed by atoms with Crippen molar-refractivity contribution in [2.24, 2.45) is 0 Å². The Kier molecular flexibility index (Phi) is 7.28. The maximum Gasteiger partial charge on any atom is 0.236 e. The third-order valence-corrected chi connectivity index (χ3v) is 7.50. The molecular weight excluding hydrogens is 474 g/mol. The smallest absolute Gasteiger partial charge is 0.236 e. The number of benzene rings is 2. The highest BCUT2D eigenvalue weighted by Crippen LogP contribution is 2.40. The highest BCUT2D eigenvalue weighted by atomic mass is 32.1.